The van der Waals surface area contributed by atoms with Crippen molar-refractivity contribution in [2.24, 2.45) is 0 Å². The van der Waals surface area contributed by atoms with E-state index in [9.17, 15) is 4.79 Å². The van der Waals surface area contributed by atoms with Crippen LogP contribution in [-0.2, 0) is 12.4 Å². The van der Waals surface area contributed by atoms with Gasteiger partial charge in [0.25, 0.3) is 5.56 Å². The molecule has 0 spiro atoms. The van der Waals surface area contributed by atoms with Crippen molar-refractivity contribution in [2.45, 2.75) is 46.0 Å². The van der Waals surface area contributed by atoms with E-state index in [0.717, 1.165) is 30.6 Å². The predicted octanol–water partition coefficient (Wildman–Crippen LogP) is 4.67. The average Bonchev–Trinajstić information content (AvgIpc) is 2.48. The Morgan fingerprint density at radius 3 is 2.48 bits per heavy atom. The summed E-state index contributed by atoms with van der Waals surface area (Å²) in [6.45, 7) is 7.06. The molecule has 0 atom stereocenters. The van der Waals surface area contributed by atoms with E-state index in [0.29, 0.717) is 5.56 Å². The molecule has 0 bridgehead atoms. The molecule has 1 aromatic carbocycles. The molecule has 0 N–H and O–H groups in total. The fourth-order valence-corrected chi connectivity index (χ4v) is 2.62. The molecule has 0 saturated heterocycles. The molecule has 2 aromatic rings. The highest BCUT2D eigenvalue weighted by atomic mass is 35.5. The van der Waals surface area contributed by atoms with Crippen LogP contribution in [0.3, 0.4) is 0 Å². The van der Waals surface area contributed by atoms with E-state index in [2.05, 4.69) is 39.0 Å². The molecular formula is C18H22ClNO. The van der Waals surface area contributed by atoms with Crippen LogP contribution in [-0.4, -0.2) is 4.57 Å². The molecule has 112 valence electrons. The van der Waals surface area contributed by atoms with E-state index >= 15 is 0 Å². The first-order valence-electron chi connectivity index (χ1n) is 7.44. The van der Waals surface area contributed by atoms with Gasteiger partial charge in [-0.1, -0.05) is 31.5 Å². The van der Waals surface area contributed by atoms with E-state index in [-0.39, 0.29) is 11.4 Å². The topological polar surface area (TPSA) is 22.0 Å². The van der Waals surface area contributed by atoms with E-state index in [1.807, 2.05) is 16.7 Å². The Labute approximate surface area is 131 Å². The number of pyridine rings is 1. The van der Waals surface area contributed by atoms with Gasteiger partial charge in [-0.3, -0.25) is 4.79 Å². The fraction of sp³-hybridized carbons (Fsp3) is 0.389. The van der Waals surface area contributed by atoms with Gasteiger partial charge in [-0.25, -0.2) is 0 Å². The van der Waals surface area contributed by atoms with Gasteiger partial charge in [0.2, 0.25) is 0 Å². The minimum atomic E-state index is 0.0363. The maximum absolute atomic E-state index is 12.5. The van der Waals surface area contributed by atoms with Crippen molar-refractivity contribution >= 4 is 11.6 Å². The Hall–Kier alpha value is -1.54. The Morgan fingerprint density at radius 2 is 1.86 bits per heavy atom. The zero-order valence-corrected chi connectivity index (χ0v) is 13.7. The molecule has 0 fully saturated rings. The summed E-state index contributed by atoms with van der Waals surface area (Å²) in [5.74, 6) is 0.262. The van der Waals surface area contributed by atoms with Crippen molar-refractivity contribution < 1.29 is 0 Å². The quantitative estimate of drug-likeness (QED) is 0.736. The van der Waals surface area contributed by atoms with Crippen LogP contribution < -0.4 is 5.56 Å². The van der Waals surface area contributed by atoms with Crippen LogP contribution >= 0.6 is 11.6 Å². The number of nitrogens with zero attached hydrogens (tertiary/aromatic N) is 1. The van der Waals surface area contributed by atoms with Crippen molar-refractivity contribution in [3.05, 3.63) is 57.4 Å². The van der Waals surface area contributed by atoms with Crippen molar-refractivity contribution in [3.8, 4) is 11.3 Å². The molecule has 0 unspecified atom stereocenters. The van der Waals surface area contributed by atoms with Crippen LogP contribution in [0.1, 0.15) is 36.5 Å². The summed E-state index contributed by atoms with van der Waals surface area (Å²) in [4.78, 5) is 12.5. The number of hydrogen-bond donors (Lipinski definition) is 0. The molecule has 2 rings (SSSR count). The first kappa shape index (κ1) is 15.8. The first-order chi connectivity index (χ1) is 10.1. The SMILES string of the molecule is CCCCn1c(-c2ccc(C)c(C)c2)ccc(CCl)c1=O. The third-order valence-electron chi connectivity index (χ3n) is 3.93. The fourth-order valence-electron chi connectivity index (χ4n) is 2.42. The number of hydrogen-bond acceptors (Lipinski definition) is 1. The average molecular weight is 304 g/mol. The van der Waals surface area contributed by atoms with E-state index in [1.165, 1.54) is 11.1 Å². The standard InChI is InChI=1S/C18H22ClNO/c1-4-5-10-20-17(9-8-16(12-19)18(20)21)15-7-6-13(2)14(3)11-15/h6-9,11H,4-5,10,12H2,1-3H3. The van der Waals surface area contributed by atoms with Crippen molar-refractivity contribution in [1.29, 1.82) is 0 Å². The molecule has 3 heteroatoms. The van der Waals surface area contributed by atoms with E-state index < -0.39 is 0 Å². The van der Waals surface area contributed by atoms with Crippen LogP contribution in [0.25, 0.3) is 11.3 Å². The van der Waals surface area contributed by atoms with Gasteiger partial charge in [-0.2, -0.15) is 0 Å². The third kappa shape index (κ3) is 3.38. The Balaban J connectivity index is 2.58. The van der Waals surface area contributed by atoms with Gasteiger partial charge >= 0.3 is 0 Å². The molecule has 1 heterocycles. The van der Waals surface area contributed by atoms with Gasteiger partial charge in [0.15, 0.2) is 0 Å². The minimum Gasteiger partial charge on any atom is -0.308 e. The molecule has 21 heavy (non-hydrogen) atoms. The van der Waals surface area contributed by atoms with Gasteiger partial charge in [0.1, 0.15) is 0 Å². The normalized spacial score (nSPS) is 10.9. The third-order valence-corrected chi connectivity index (χ3v) is 4.22. The van der Waals surface area contributed by atoms with Crippen LogP contribution in [0.2, 0.25) is 0 Å². The highest BCUT2D eigenvalue weighted by Gasteiger charge is 2.10. The monoisotopic (exact) mass is 303 g/mol. The lowest BCUT2D eigenvalue weighted by molar-refractivity contribution is 0.615. The lowest BCUT2D eigenvalue weighted by Gasteiger charge is -2.15. The number of unbranched alkanes of at least 4 members (excludes halogenated alkanes) is 1. The number of rotatable bonds is 5. The minimum absolute atomic E-state index is 0.0363. The molecule has 2 nitrogen and oxygen atoms in total. The second-order valence-electron chi connectivity index (χ2n) is 5.49. The lowest BCUT2D eigenvalue weighted by Crippen LogP contribution is -2.24. The Kier molecular flexibility index (Phi) is 5.24. The largest absolute Gasteiger partial charge is 0.308 e. The highest BCUT2D eigenvalue weighted by molar-refractivity contribution is 6.17. The summed E-state index contributed by atoms with van der Waals surface area (Å²) < 4.78 is 1.87. The van der Waals surface area contributed by atoms with Gasteiger partial charge in [-0.05, 0) is 49.1 Å². The molecule has 0 aliphatic heterocycles. The summed E-state index contributed by atoms with van der Waals surface area (Å²) in [6, 6.07) is 10.2. The molecular weight excluding hydrogens is 282 g/mol. The first-order valence-corrected chi connectivity index (χ1v) is 7.98. The van der Waals surface area contributed by atoms with Gasteiger partial charge in [-0.15, -0.1) is 11.6 Å². The van der Waals surface area contributed by atoms with Crippen molar-refractivity contribution in [3.63, 3.8) is 0 Å². The summed E-state index contributed by atoms with van der Waals surface area (Å²) in [7, 11) is 0. The zero-order valence-electron chi connectivity index (χ0n) is 12.9. The van der Waals surface area contributed by atoms with E-state index in [4.69, 9.17) is 11.6 Å². The smallest absolute Gasteiger partial charge is 0.255 e. The number of benzene rings is 1. The van der Waals surface area contributed by atoms with Gasteiger partial charge in [0.05, 0.1) is 11.6 Å². The molecule has 0 aliphatic carbocycles. The number of halogens is 1. The Morgan fingerprint density at radius 1 is 1.10 bits per heavy atom. The second kappa shape index (κ2) is 6.95. The molecule has 0 radical (unpaired) electrons. The summed E-state index contributed by atoms with van der Waals surface area (Å²) in [6.07, 6.45) is 2.05. The van der Waals surface area contributed by atoms with E-state index in [1.54, 1.807) is 0 Å². The second-order valence-corrected chi connectivity index (χ2v) is 5.75. The zero-order chi connectivity index (χ0) is 15.4. The van der Waals surface area contributed by atoms with Crippen LogP contribution in [0.15, 0.2) is 35.1 Å². The van der Waals surface area contributed by atoms with Crippen molar-refractivity contribution in [2.75, 3.05) is 0 Å². The molecule has 0 saturated carbocycles. The summed E-state index contributed by atoms with van der Waals surface area (Å²) >= 11 is 5.87. The van der Waals surface area contributed by atoms with Gasteiger partial charge in [0, 0.05) is 12.1 Å². The van der Waals surface area contributed by atoms with Crippen LogP contribution in [0.4, 0.5) is 0 Å². The lowest BCUT2D eigenvalue weighted by atomic mass is 10.0. The highest BCUT2D eigenvalue weighted by Crippen LogP contribution is 2.22. The number of alkyl halides is 1. The van der Waals surface area contributed by atoms with Gasteiger partial charge < -0.3 is 4.57 Å². The Bertz CT molecular complexity index is 688. The van der Waals surface area contributed by atoms with Crippen LogP contribution in [0.5, 0.6) is 0 Å². The molecule has 1 aromatic heterocycles. The number of aromatic nitrogens is 1. The maximum atomic E-state index is 12.5. The van der Waals surface area contributed by atoms with Crippen LogP contribution in [0, 0.1) is 13.8 Å². The summed E-state index contributed by atoms with van der Waals surface area (Å²) in [5.41, 5.74) is 5.27. The van der Waals surface area contributed by atoms with Crippen molar-refractivity contribution in [1.82, 2.24) is 4.57 Å². The number of aryl methyl sites for hydroxylation is 2. The predicted molar refractivity (Wildman–Crippen MR) is 90.1 cm³/mol. The summed E-state index contributed by atoms with van der Waals surface area (Å²) in [5, 5.41) is 0. The maximum Gasteiger partial charge on any atom is 0.255 e. The molecule has 0 aliphatic rings. The molecule has 0 amide bonds.